The number of amides is 1. The molecule has 18 heavy (non-hydrogen) atoms. The molecule has 5 heteroatoms. The maximum Gasteiger partial charge on any atom is 0.307 e. The predicted octanol–water partition coefficient (Wildman–Crippen LogP) is 1.20. The van der Waals surface area contributed by atoms with E-state index in [9.17, 15) is 9.59 Å². The summed E-state index contributed by atoms with van der Waals surface area (Å²) in [5.74, 6) is 0.109. The molecule has 5 nitrogen and oxygen atoms in total. The van der Waals surface area contributed by atoms with Crippen LogP contribution in [-0.4, -0.2) is 48.7 Å². The maximum atomic E-state index is 11.9. The molecule has 0 fully saturated rings. The summed E-state index contributed by atoms with van der Waals surface area (Å²) in [5.41, 5.74) is 0. The Kier molecular flexibility index (Phi) is 9.28. The summed E-state index contributed by atoms with van der Waals surface area (Å²) >= 11 is 0. The fraction of sp³-hybridized carbons (Fsp3) is 0.846. The van der Waals surface area contributed by atoms with Gasteiger partial charge in [0.15, 0.2) is 0 Å². The zero-order valence-electron chi connectivity index (χ0n) is 11.6. The van der Waals surface area contributed by atoms with Crippen LogP contribution >= 0.6 is 0 Å². The number of nitrogens with zero attached hydrogens (tertiary/aromatic N) is 1. The second-order valence-corrected chi connectivity index (χ2v) is 4.74. The van der Waals surface area contributed by atoms with Crippen LogP contribution in [-0.2, 0) is 14.3 Å². The predicted molar refractivity (Wildman–Crippen MR) is 69.0 cm³/mol. The standard InChI is InChI=1S/C13H25NO4/c1-11(2)10-14(8-7-13(17)18-3)12(16)6-4-5-9-15/h11,15H,4-10H2,1-3H3. The Labute approximate surface area is 109 Å². The van der Waals surface area contributed by atoms with E-state index in [4.69, 9.17) is 5.11 Å². The Morgan fingerprint density at radius 2 is 1.89 bits per heavy atom. The Morgan fingerprint density at radius 3 is 2.39 bits per heavy atom. The van der Waals surface area contributed by atoms with Crippen LogP contribution in [0.15, 0.2) is 0 Å². The van der Waals surface area contributed by atoms with Gasteiger partial charge in [0.2, 0.25) is 5.91 Å². The Hall–Kier alpha value is -1.10. The number of aliphatic hydroxyl groups is 1. The third-order valence-corrected chi connectivity index (χ3v) is 2.55. The van der Waals surface area contributed by atoms with Gasteiger partial charge in [-0.3, -0.25) is 9.59 Å². The van der Waals surface area contributed by atoms with Crippen molar-refractivity contribution in [3.05, 3.63) is 0 Å². The van der Waals surface area contributed by atoms with Crippen molar-refractivity contribution in [1.82, 2.24) is 4.90 Å². The summed E-state index contributed by atoms with van der Waals surface area (Å²) in [5, 5.41) is 8.69. The number of ether oxygens (including phenoxy) is 1. The summed E-state index contributed by atoms with van der Waals surface area (Å²) in [4.78, 5) is 24.7. The lowest BCUT2D eigenvalue weighted by Gasteiger charge is -2.24. The summed E-state index contributed by atoms with van der Waals surface area (Å²) in [6, 6.07) is 0. The van der Waals surface area contributed by atoms with Crippen molar-refractivity contribution in [2.45, 2.75) is 39.5 Å². The molecule has 0 bridgehead atoms. The zero-order valence-corrected chi connectivity index (χ0v) is 11.6. The van der Waals surface area contributed by atoms with Crippen molar-refractivity contribution in [3.63, 3.8) is 0 Å². The van der Waals surface area contributed by atoms with E-state index in [2.05, 4.69) is 4.74 Å². The van der Waals surface area contributed by atoms with E-state index in [1.54, 1.807) is 4.90 Å². The highest BCUT2D eigenvalue weighted by Gasteiger charge is 2.15. The Balaban J connectivity index is 4.19. The minimum Gasteiger partial charge on any atom is -0.469 e. The van der Waals surface area contributed by atoms with Gasteiger partial charge >= 0.3 is 5.97 Å². The maximum absolute atomic E-state index is 11.9. The fourth-order valence-corrected chi connectivity index (χ4v) is 1.63. The molecule has 1 N–H and O–H groups in total. The van der Waals surface area contributed by atoms with E-state index in [0.29, 0.717) is 38.3 Å². The van der Waals surface area contributed by atoms with Gasteiger partial charge in [0.1, 0.15) is 0 Å². The van der Waals surface area contributed by atoms with Crippen LogP contribution in [0.25, 0.3) is 0 Å². The number of carbonyl (C=O) groups is 2. The molecule has 0 spiro atoms. The van der Waals surface area contributed by atoms with Crippen molar-refractivity contribution in [2.75, 3.05) is 26.8 Å². The average molecular weight is 259 g/mol. The van der Waals surface area contributed by atoms with E-state index in [-0.39, 0.29) is 24.9 Å². The fourth-order valence-electron chi connectivity index (χ4n) is 1.63. The lowest BCUT2D eigenvalue weighted by molar-refractivity contribution is -0.141. The second kappa shape index (κ2) is 9.88. The van der Waals surface area contributed by atoms with Crippen LogP contribution in [0.1, 0.15) is 39.5 Å². The first-order chi connectivity index (χ1) is 8.51. The van der Waals surface area contributed by atoms with Gasteiger partial charge in [0.25, 0.3) is 0 Å². The van der Waals surface area contributed by atoms with Gasteiger partial charge in [-0.15, -0.1) is 0 Å². The SMILES string of the molecule is COC(=O)CCN(CC(C)C)C(=O)CCCCO. The number of rotatable bonds is 9. The minimum atomic E-state index is -0.299. The van der Waals surface area contributed by atoms with Crippen LogP contribution in [0, 0.1) is 5.92 Å². The van der Waals surface area contributed by atoms with Gasteiger partial charge < -0.3 is 14.7 Å². The summed E-state index contributed by atoms with van der Waals surface area (Å²) < 4.78 is 4.57. The number of carbonyl (C=O) groups excluding carboxylic acids is 2. The third-order valence-electron chi connectivity index (χ3n) is 2.55. The van der Waals surface area contributed by atoms with E-state index in [1.807, 2.05) is 13.8 Å². The first kappa shape index (κ1) is 16.9. The molecular weight excluding hydrogens is 234 g/mol. The lowest BCUT2D eigenvalue weighted by atomic mass is 10.1. The van der Waals surface area contributed by atoms with Gasteiger partial charge in [-0.05, 0) is 18.8 Å². The largest absolute Gasteiger partial charge is 0.469 e. The zero-order chi connectivity index (χ0) is 14.0. The summed E-state index contributed by atoms with van der Waals surface area (Å²) in [6.45, 7) is 5.23. The van der Waals surface area contributed by atoms with E-state index in [1.165, 1.54) is 7.11 Å². The second-order valence-electron chi connectivity index (χ2n) is 4.74. The first-order valence-electron chi connectivity index (χ1n) is 6.46. The molecule has 1 amide bonds. The number of hydrogen-bond acceptors (Lipinski definition) is 4. The molecule has 0 aliphatic carbocycles. The quantitative estimate of drug-likeness (QED) is 0.499. The highest BCUT2D eigenvalue weighted by atomic mass is 16.5. The number of esters is 1. The summed E-state index contributed by atoms with van der Waals surface area (Å²) in [6.07, 6.45) is 1.98. The van der Waals surface area contributed by atoms with Crippen molar-refractivity contribution in [2.24, 2.45) is 5.92 Å². The molecule has 0 heterocycles. The molecule has 0 unspecified atom stereocenters. The van der Waals surface area contributed by atoms with Crippen LogP contribution in [0.4, 0.5) is 0 Å². The van der Waals surface area contributed by atoms with Gasteiger partial charge in [-0.1, -0.05) is 13.8 Å². The molecule has 0 atom stereocenters. The smallest absolute Gasteiger partial charge is 0.307 e. The third kappa shape index (κ3) is 8.06. The highest BCUT2D eigenvalue weighted by molar-refractivity contribution is 5.77. The molecule has 0 aromatic heterocycles. The Morgan fingerprint density at radius 1 is 1.22 bits per heavy atom. The van der Waals surface area contributed by atoms with Crippen LogP contribution in [0.2, 0.25) is 0 Å². The van der Waals surface area contributed by atoms with Gasteiger partial charge in [-0.2, -0.15) is 0 Å². The number of aliphatic hydroxyl groups excluding tert-OH is 1. The molecule has 0 rings (SSSR count). The van der Waals surface area contributed by atoms with Crippen LogP contribution in [0.3, 0.4) is 0 Å². The molecule has 0 aromatic carbocycles. The molecule has 0 saturated carbocycles. The van der Waals surface area contributed by atoms with Crippen LogP contribution in [0.5, 0.6) is 0 Å². The number of methoxy groups -OCH3 is 1. The number of unbranched alkanes of at least 4 members (excludes halogenated alkanes) is 1. The lowest BCUT2D eigenvalue weighted by Crippen LogP contribution is -2.36. The van der Waals surface area contributed by atoms with E-state index >= 15 is 0 Å². The topological polar surface area (TPSA) is 66.8 Å². The molecule has 0 saturated heterocycles. The van der Waals surface area contributed by atoms with Crippen molar-refractivity contribution >= 4 is 11.9 Å². The number of hydrogen-bond donors (Lipinski definition) is 1. The first-order valence-corrected chi connectivity index (χ1v) is 6.46. The van der Waals surface area contributed by atoms with Gasteiger partial charge in [0, 0.05) is 26.1 Å². The van der Waals surface area contributed by atoms with Crippen molar-refractivity contribution in [3.8, 4) is 0 Å². The van der Waals surface area contributed by atoms with E-state index < -0.39 is 0 Å². The molecule has 0 aliphatic rings. The van der Waals surface area contributed by atoms with Gasteiger partial charge in [-0.25, -0.2) is 0 Å². The van der Waals surface area contributed by atoms with E-state index in [0.717, 1.165) is 0 Å². The Bertz CT molecular complexity index is 253. The normalized spacial score (nSPS) is 10.5. The molecule has 0 aliphatic heterocycles. The molecule has 0 aromatic rings. The minimum absolute atomic E-state index is 0.0426. The highest BCUT2D eigenvalue weighted by Crippen LogP contribution is 2.06. The molecule has 0 radical (unpaired) electrons. The monoisotopic (exact) mass is 259 g/mol. The average Bonchev–Trinajstić information content (AvgIpc) is 2.33. The van der Waals surface area contributed by atoms with Crippen molar-refractivity contribution < 1.29 is 19.4 Å². The van der Waals surface area contributed by atoms with Gasteiger partial charge in [0.05, 0.1) is 13.5 Å². The summed E-state index contributed by atoms with van der Waals surface area (Å²) in [7, 11) is 1.35. The van der Waals surface area contributed by atoms with Crippen LogP contribution < -0.4 is 0 Å². The molecule has 106 valence electrons. The van der Waals surface area contributed by atoms with Crippen molar-refractivity contribution in [1.29, 1.82) is 0 Å². The molecular formula is C13H25NO4.